The molecule has 3 aromatic carbocycles. The van der Waals surface area contributed by atoms with Crippen LogP contribution >= 0.6 is 24.0 Å². The minimum absolute atomic E-state index is 0. The van der Waals surface area contributed by atoms with Gasteiger partial charge in [-0.1, -0.05) is 86.1 Å². The Morgan fingerprint density at radius 1 is 0.839 bits per heavy atom. The van der Waals surface area contributed by atoms with E-state index in [9.17, 15) is 5.11 Å². The zero-order valence-corrected chi connectivity index (χ0v) is 19.3. The second kappa shape index (κ2) is 12.6. The molecule has 1 unspecified atom stereocenters. The molecular formula is C25H29Cl2NO3. The molecule has 0 saturated carbocycles. The summed E-state index contributed by atoms with van der Waals surface area (Å²) in [6.07, 6.45) is -0.748. The van der Waals surface area contributed by atoms with Gasteiger partial charge in [0.05, 0.1) is 11.1 Å². The van der Waals surface area contributed by atoms with Crippen molar-refractivity contribution in [1.29, 1.82) is 0 Å². The van der Waals surface area contributed by atoms with Gasteiger partial charge < -0.3 is 19.9 Å². The highest BCUT2D eigenvalue weighted by Gasteiger charge is 2.18. The van der Waals surface area contributed by atoms with E-state index in [1.807, 2.05) is 74.5 Å². The number of hydrogen-bond acceptors (Lipinski definition) is 4. The Kier molecular flexibility index (Phi) is 10.2. The van der Waals surface area contributed by atoms with Gasteiger partial charge in [-0.2, -0.15) is 0 Å². The molecule has 31 heavy (non-hydrogen) atoms. The Morgan fingerprint density at radius 2 is 1.32 bits per heavy atom. The van der Waals surface area contributed by atoms with Gasteiger partial charge in [0.1, 0.15) is 13.2 Å². The zero-order valence-electron chi connectivity index (χ0n) is 17.8. The molecule has 0 aromatic heterocycles. The molecule has 3 rings (SSSR count). The fourth-order valence-corrected chi connectivity index (χ4v) is 3.24. The van der Waals surface area contributed by atoms with Crippen LogP contribution in [0, 0.1) is 0 Å². The summed E-state index contributed by atoms with van der Waals surface area (Å²) in [5.41, 5.74) is 2.71. The Morgan fingerprint density at radius 3 is 1.81 bits per heavy atom. The van der Waals surface area contributed by atoms with Crippen LogP contribution in [0.3, 0.4) is 0 Å². The lowest BCUT2D eigenvalue weighted by molar-refractivity contribution is 0.170. The molecule has 0 bridgehead atoms. The van der Waals surface area contributed by atoms with Crippen LogP contribution < -0.4 is 14.8 Å². The smallest absolute Gasteiger partial charge is 0.163 e. The fraction of sp³-hybridized carbons (Fsp3) is 0.280. The van der Waals surface area contributed by atoms with Crippen molar-refractivity contribution < 1.29 is 14.6 Å². The fourth-order valence-electron chi connectivity index (χ4n) is 2.96. The first-order chi connectivity index (χ1) is 14.5. The van der Waals surface area contributed by atoms with Gasteiger partial charge in [0.25, 0.3) is 0 Å². The van der Waals surface area contributed by atoms with Gasteiger partial charge in [-0.05, 0) is 17.2 Å². The molecular weight excluding hydrogens is 433 g/mol. The number of rotatable bonds is 10. The van der Waals surface area contributed by atoms with E-state index in [1.165, 1.54) is 0 Å². The number of halogens is 2. The first-order valence-corrected chi connectivity index (χ1v) is 10.5. The standard InChI is InChI=1S/C25H28ClNO3.ClH/c1-18(2)27-15-23(28)21-13-24(29-16-19-9-5-3-6-10-19)25(14-22(21)26)30-17-20-11-7-4-8-12-20;/h3-14,18,23,27-28H,15-17H2,1-2H3;1H. The molecule has 0 fully saturated rings. The van der Waals surface area contributed by atoms with E-state index in [-0.39, 0.29) is 18.4 Å². The number of hydrogen-bond donors (Lipinski definition) is 2. The largest absolute Gasteiger partial charge is 0.485 e. The second-order valence-electron chi connectivity index (χ2n) is 7.45. The van der Waals surface area contributed by atoms with E-state index in [0.29, 0.717) is 41.8 Å². The van der Waals surface area contributed by atoms with Crippen molar-refractivity contribution >= 4 is 24.0 Å². The van der Waals surface area contributed by atoms with Crippen LogP contribution in [-0.2, 0) is 13.2 Å². The lowest BCUT2D eigenvalue weighted by atomic mass is 10.1. The van der Waals surface area contributed by atoms with Crippen LogP contribution in [0.25, 0.3) is 0 Å². The average molecular weight is 462 g/mol. The highest BCUT2D eigenvalue weighted by Crippen LogP contribution is 2.37. The lowest BCUT2D eigenvalue weighted by Gasteiger charge is -2.19. The Bertz CT molecular complexity index is 921. The third kappa shape index (κ3) is 7.75. The predicted molar refractivity (Wildman–Crippen MR) is 128 cm³/mol. The maximum atomic E-state index is 10.6. The van der Waals surface area contributed by atoms with Gasteiger partial charge in [-0.15, -0.1) is 12.4 Å². The van der Waals surface area contributed by atoms with E-state index in [0.717, 1.165) is 11.1 Å². The van der Waals surface area contributed by atoms with Crippen molar-refractivity contribution in [2.45, 2.75) is 39.2 Å². The topological polar surface area (TPSA) is 50.7 Å². The number of benzene rings is 3. The molecule has 0 aliphatic rings. The third-order valence-corrected chi connectivity index (χ3v) is 4.94. The van der Waals surface area contributed by atoms with Crippen molar-refractivity contribution in [3.63, 3.8) is 0 Å². The molecule has 166 valence electrons. The maximum Gasteiger partial charge on any atom is 0.163 e. The average Bonchev–Trinajstić information content (AvgIpc) is 2.76. The van der Waals surface area contributed by atoms with Gasteiger partial charge in [0.15, 0.2) is 11.5 Å². The van der Waals surface area contributed by atoms with Gasteiger partial charge in [-0.25, -0.2) is 0 Å². The summed E-state index contributed by atoms with van der Waals surface area (Å²) < 4.78 is 12.1. The van der Waals surface area contributed by atoms with Gasteiger partial charge in [0.2, 0.25) is 0 Å². The van der Waals surface area contributed by atoms with Gasteiger partial charge in [0, 0.05) is 24.2 Å². The molecule has 0 amide bonds. The van der Waals surface area contributed by atoms with Crippen LogP contribution in [0.1, 0.15) is 36.6 Å². The molecule has 1 atom stereocenters. The molecule has 0 heterocycles. The SMILES string of the molecule is CC(C)NCC(O)c1cc(OCc2ccccc2)c(OCc2ccccc2)cc1Cl.Cl. The van der Waals surface area contributed by atoms with Crippen LogP contribution in [0.2, 0.25) is 5.02 Å². The summed E-state index contributed by atoms with van der Waals surface area (Å²) in [5.74, 6) is 1.10. The molecule has 6 heteroatoms. The summed E-state index contributed by atoms with van der Waals surface area (Å²) >= 11 is 6.49. The molecule has 4 nitrogen and oxygen atoms in total. The second-order valence-corrected chi connectivity index (χ2v) is 7.85. The summed E-state index contributed by atoms with van der Waals surface area (Å²) in [7, 11) is 0. The lowest BCUT2D eigenvalue weighted by Crippen LogP contribution is -2.28. The summed E-state index contributed by atoms with van der Waals surface area (Å²) in [5, 5.41) is 14.3. The predicted octanol–water partition coefficient (Wildman–Crippen LogP) is 5.95. The molecule has 0 aliphatic carbocycles. The van der Waals surface area contributed by atoms with E-state index in [4.69, 9.17) is 21.1 Å². The Balaban J connectivity index is 0.00000341. The van der Waals surface area contributed by atoms with Crippen LogP contribution in [0.4, 0.5) is 0 Å². The van der Waals surface area contributed by atoms with Crippen molar-refractivity contribution in [2.24, 2.45) is 0 Å². The van der Waals surface area contributed by atoms with Crippen LogP contribution in [0.15, 0.2) is 72.8 Å². The van der Waals surface area contributed by atoms with Crippen molar-refractivity contribution in [3.8, 4) is 11.5 Å². The van der Waals surface area contributed by atoms with Crippen LogP contribution in [-0.4, -0.2) is 17.7 Å². The number of aliphatic hydroxyl groups excluding tert-OH is 1. The van der Waals surface area contributed by atoms with E-state index in [2.05, 4.69) is 5.32 Å². The van der Waals surface area contributed by atoms with Crippen molar-refractivity contribution in [3.05, 3.63) is 94.5 Å². The molecule has 3 aromatic rings. The zero-order chi connectivity index (χ0) is 21.3. The molecule has 0 aliphatic heterocycles. The summed E-state index contributed by atoms with van der Waals surface area (Å²) in [6.45, 7) is 5.26. The first-order valence-electron chi connectivity index (χ1n) is 10.1. The quantitative estimate of drug-likeness (QED) is 0.391. The van der Waals surface area contributed by atoms with E-state index in [1.54, 1.807) is 12.1 Å². The van der Waals surface area contributed by atoms with Gasteiger partial charge in [-0.3, -0.25) is 0 Å². The summed E-state index contributed by atoms with van der Waals surface area (Å²) in [6, 6.07) is 23.6. The normalized spacial score (nSPS) is 11.6. The van der Waals surface area contributed by atoms with E-state index < -0.39 is 6.10 Å². The highest BCUT2D eigenvalue weighted by molar-refractivity contribution is 6.31. The molecule has 0 radical (unpaired) electrons. The number of ether oxygens (including phenoxy) is 2. The van der Waals surface area contributed by atoms with Crippen molar-refractivity contribution in [2.75, 3.05) is 6.54 Å². The maximum absolute atomic E-state index is 10.6. The van der Waals surface area contributed by atoms with E-state index >= 15 is 0 Å². The Hall–Kier alpha value is -2.24. The molecule has 0 spiro atoms. The minimum Gasteiger partial charge on any atom is -0.485 e. The molecule has 2 N–H and O–H groups in total. The number of nitrogens with one attached hydrogen (secondary N) is 1. The summed E-state index contributed by atoms with van der Waals surface area (Å²) in [4.78, 5) is 0. The van der Waals surface area contributed by atoms with Gasteiger partial charge >= 0.3 is 0 Å². The first kappa shape index (κ1) is 25.0. The molecule has 0 saturated heterocycles. The number of aliphatic hydroxyl groups is 1. The van der Waals surface area contributed by atoms with Crippen LogP contribution in [0.5, 0.6) is 11.5 Å². The minimum atomic E-state index is -0.748. The Labute approximate surface area is 195 Å². The third-order valence-electron chi connectivity index (χ3n) is 4.62. The van der Waals surface area contributed by atoms with Crippen molar-refractivity contribution in [1.82, 2.24) is 5.32 Å². The monoisotopic (exact) mass is 461 g/mol. The highest BCUT2D eigenvalue weighted by atomic mass is 35.5.